The summed E-state index contributed by atoms with van der Waals surface area (Å²) in [7, 11) is -1.02. The molecule has 4 rings (SSSR count). The molecule has 0 aliphatic heterocycles. The topological polar surface area (TPSA) is 64.6 Å². The molecule has 2 bridgehead atoms. The van der Waals surface area contributed by atoms with Crippen molar-refractivity contribution >= 4 is 16.9 Å². The van der Waals surface area contributed by atoms with Crippen LogP contribution in [0.2, 0.25) is 0 Å². The van der Waals surface area contributed by atoms with Crippen molar-refractivity contribution in [2.45, 2.75) is 63.5 Å². The first-order chi connectivity index (χ1) is 15.5. The molecule has 1 fully saturated rings. The highest BCUT2D eigenvalue weighted by Gasteiger charge is 2.46. The van der Waals surface area contributed by atoms with Crippen LogP contribution in [0.4, 0.5) is 4.79 Å². The number of benzene rings is 2. The monoisotopic (exact) mass is 455 g/mol. The Morgan fingerprint density at radius 1 is 1.16 bits per heavy atom. The number of nitrogens with one attached hydrogen (secondary N) is 1. The molecule has 172 valence electrons. The van der Waals surface area contributed by atoms with Crippen molar-refractivity contribution in [2.24, 2.45) is 5.92 Å². The van der Waals surface area contributed by atoms with E-state index in [1.165, 1.54) is 24.0 Å². The van der Waals surface area contributed by atoms with Crippen LogP contribution < -0.4 is 10.1 Å². The minimum atomic E-state index is -1.02. The molecule has 0 spiro atoms. The number of hydrogen-bond donors (Lipinski definition) is 1. The molecule has 2 aliphatic rings. The Morgan fingerprint density at radius 2 is 1.97 bits per heavy atom. The summed E-state index contributed by atoms with van der Waals surface area (Å²) < 4.78 is 22.8. The molecule has 1 N–H and O–H groups in total. The summed E-state index contributed by atoms with van der Waals surface area (Å²) in [4.78, 5) is 12.8. The third-order valence-corrected chi connectivity index (χ3v) is 7.44. The van der Waals surface area contributed by atoms with E-state index in [0.29, 0.717) is 5.92 Å². The van der Waals surface area contributed by atoms with Gasteiger partial charge in [-0.15, -0.1) is 0 Å². The lowest BCUT2D eigenvalue weighted by atomic mass is 9.59. The molecule has 0 radical (unpaired) electrons. The predicted octanol–water partition coefficient (Wildman–Crippen LogP) is 5.09. The van der Waals surface area contributed by atoms with Crippen molar-refractivity contribution in [1.29, 1.82) is 0 Å². The molecular formula is C26H33NO4S. The summed E-state index contributed by atoms with van der Waals surface area (Å²) in [5.41, 5.74) is 3.35. The summed E-state index contributed by atoms with van der Waals surface area (Å²) in [6, 6.07) is 16.0. The van der Waals surface area contributed by atoms with Gasteiger partial charge in [-0.1, -0.05) is 62.6 Å². The number of ether oxygens (including phenoxy) is 2. The molecule has 0 saturated heterocycles. The molecule has 2 aromatic carbocycles. The van der Waals surface area contributed by atoms with E-state index >= 15 is 0 Å². The Labute approximate surface area is 193 Å². The van der Waals surface area contributed by atoms with Crippen LogP contribution in [0, 0.1) is 5.92 Å². The van der Waals surface area contributed by atoms with Crippen molar-refractivity contribution in [3.8, 4) is 5.75 Å². The van der Waals surface area contributed by atoms with E-state index in [9.17, 15) is 9.00 Å². The fourth-order valence-corrected chi connectivity index (χ4v) is 5.70. The summed E-state index contributed by atoms with van der Waals surface area (Å²) in [5, 5.41) is 3.26. The van der Waals surface area contributed by atoms with Crippen LogP contribution in [0.15, 0.2) is 48.5 Å². The lowest BCUT2D eigenvalue weighted by Crippen LogP contribution is -2.57. The van der Waals surface area contributed by atoms with Gasteiger partial charge in [-0.25, -0.2) is 4.79 Å². The van der Waals surface area contributed by atoms with Crippen LogP contribution in [0.1, 0.15) is 55.7 Å². The second-order valence-electron chi connectivity index (χ2n) is 9.32. The SMILES string of the molecule is CS(=O)COc1ccc2c(c1)[C@@]1(C)CCCCC[C@@H](C2)[C@@H]1NC(=O)OCc1ccccc1. The van der Waals surface area contributed by atoms with Gasteiger partial charge in [0.05, 0.1) is 10.8 Å². The normalized spacial score (nSPS) is 25.6. The summed E-state index contributed by atoms with van der Waals surface area (Å²) in [6.45, 7) is 2.54. The van der Waals surface area contributed by atoms with Crippen LogP contribution in [0.25, 0.3) is 0 Å². The third kappa shape index (κ3) is 5.17. The van der Waals surface area contributed by atoms with Gasteiger partial charge in [-0.2, -0.15) is 0 Å². The third-order valence-electron chi connectivity index (χ3n) is 6.99. The zero-order valence-corrected chi connectivity index (χ0v) is 19.8. The maximum atomic E-state index is 12.8. The van der Waals surface area contributed by atoms with Gasteiger partial charge in [-0.05, 0) is 54.0 Å². The number of carbonyl (C=O) groups excluding carboxylic acids is 1. The van der Waals surface area contributed by atoms with Gasteiger partial charge in [0.1, 0.15) is 12.4 Å². The van der Waals surface area contributed by atoms with E-state index in [0.717, 1.165) is 37.0 Å². The van der Waals surface area contributed by atoms with Crippen LogP contribution in [0.5, 0.6) is 5.75 Å². The molecular weight excluding hydrogens is 422 g/mol. The molecule has 5 nitrogen and oxygen atoms in total. The molecule has 1 saturated carbocycles. The minimum Gasteiger partial charge on any atom is -0.480 e. The molecule has 1 unspecified atom stereocenters. The molecule has 2 aliphatic carbocycles. The highest BCUT2D eigenvalue weighted by molar-refractivity contribution is 7.84. The molecule has 4 atom stereocenters. The van der Waals surface area contributed by atoms with E-state index in [-0.39, 0.29) is 30.1 Å². The van der Waals surface area contributed by atoms with E-state index in [2.05, 4.69) is 24.4 Å². The second kappa shape index (κ2) is 10.1. The van der Waals surface area contributed by atoms with Gasteiger partial charge < -0.3 is 14.8 Å². The maximum Gasteiger partial charge on any atom is 0.407 e. The Morgan fingerprint density at radius 3 is 2.75 bits per heavy atom. The quantitative estimate of drug-likeness (QED) is 0.659. The fraction of sp³-hybridized carbons (Fsp3) is 0.500. The van der Waals surface area contributed by atoms with Crippen LogP contribution in [-0.2, 0) is 34.0 Å². The molecule has 0 heterocycles. The Kier molecular flexibility index (Phi) is 7.19. The molecule has 0 aromatic heterocycles. The van der Waals surface area contributed by atoms with Crippen molar-refractivity contribution in [3.63, 3.8) is 0 Å². The minimum absolute atomic E-state index is 0.00845. The average Bonchev–Trinajstić information content (AvgIpc) is 2.79. The number of fused-ring (bicyclic) bond motifs is 4. The highest BCUT2D eigenvalue weighted by Crippen LogP contribution is 2.47. The first-order valence-corrected chi connectivity index (χ1v) is 13.2. The maximum absolute atomic E-state index is 12.8. The lowest BCUT2D eigenvalue weighted by molar-refractivity contribution is 0.110. The number of hydrogen-bond acceptors (Lipinski definition) is 4. The smallest absolute Gasteiger partial charge is 0.407 e. The fourth-order valence-electron chi connectivity index (χ4n) is 5.40. The first-order valence-electron chi connectivity index (χ1n) is 11.5. The van der Waals surface area contributed by atoms with E-state index < -0.39 is 10.8 Å². The van der Waals surface area contributed by atoms with Crippen LogP contribution in [-0.4, -0.2) is 28.5 Å². The standard InChI is InChI=1S/C26H33NO4S/c1-26-14-8-4-7-11-21(15-20-12-13-22(16-23(20)26)31-18-32(2)29)24(26)27-25(28)30-17-19-9-5-3-6-10-19/h3,5-6,9-10,12-13,16,21,24H,4,7-8,11,14-15,17-18H2,1-2H3,(H,27,28)/t21-,24-,26+,32?/m0/s1. The van der Waals surface area contributed by atoms with Gasteiger partial charge >= 0.3 is 6.09 Å². The van der Waals surface area contributed by atoms with Gasteiger partial charge in [0.25, 0.3) is 0 Å². The highest BCUT2D eigenvalue weighted by atomic mass is 32.2. The predicted molar refractivity (Wildman–Crippen MR) is 127 cm³/mol. The van der Waals surface area contributed by atoms with E-state index in [1.54, 1.807) is 6.26 Å². The van der Waals surface area contributed by atoms with E-state index in [1.807, 2.05) is 36.4 Å². The Hall–Kier alpha value is -2.34. The molecule has 1 amide bonds. The largest absolute Gasteiger partial charge is 0.480 e. The van der Waals surface area contributed by atoms with Gasteiger partial charge in [0.2, 0.25) is 0 Å². The van der Waals surface area contributed by atoms with Crippen molar-refractivity contribution in [3.05, 3.63) is 65.2 Å². The van der Waals surface area contributed by atoms with Crippen molar-refractivity contribution < 1.29 is 18.5 Å². The van der Waals surface area contributed by atoms with Crippen LogP contribution >= 0.6 is 0 Å². The zero-order valence-electron chi connectivity index (χ0n) is 19.0. The van der Waals surface area contributed by atoms with Gasteiger partial charge in [0, 0.05) is 17.7 Å². The summed E-state index contributed by atoms with van der Waals surface area (Å²) >= 11 is 0. The van der Waals surface area contributed by atoms with Crippen molar-refractivity contribution in [2.75, 3.05) is 12.2 Å². The Balaban J connectivity index is 1.56. The number of amides is 1. The average molecular weight is 456 g/mol. The van der Waals surface area contributed by atoms with E-state index in [4.69, 9.17) is 9.47 Å². The number of alkyl carbamates (subject to hydrolysis) is 1. The van der Waals surface area contributed by atoms with Crippen molar-refractivity contribution in [1.82, 2.24) is 5.32 Å². The summed E-state index contributed by atoms with van der Waals surface area (Å²) in [6.07, 6.45) is 7.87. The van der Waals surface area contributed by atoms with Crippen LogP contribution in [0.3, 0.4) is 0 Å². The first kappa shape index (κ1) is 22.8. The van der Waals surface area contributed by atoms with Gasteiger partial charge in [0.15, 0.2) is 5.94 Å². The number of rotatable bonds is 6. The lowest BCUT2D eigenvalue weighted by Gasteiger charge is -2.49. The van der Waals surface area contributed by atoms with Gasteiger partial charge in [-0.3, -0.25) is 4.21 Å². The Bertz CT molecular complexity index is 964. The summed E-state index contributed by atoms with van der Waals surface area (Å²) in [5.74, 6) is 1.31. The second-order valence-corrected chi connectivity index (χ2v) is 10.7. The zero-order chi connectivity index (χ0) is 22.6. The molecule has 6 heteroatoms. The molecule has 2 aromatic rings. The number of carbonyl (C=O) groups is 1. The molecule has 32 heavy (non-hydrogen) atoms.